The van der Waals surface area contributed by atoms with Crippen molar-refractivity contribution in [2.24, 2.45) is 16.7 Å². The van der Waals surface area contributed by atoms with Crippen molar-refractivity contribution in [3.05, 3.63) is 0 Å². The zero-order valence-corrected chi connectivity index (χ0v) is 11.0. The minimum atomic E-state index is 0.219. The van der Waals surface area contributed by atoms with Gasteiger partial charge in [-0.25, -0.2) is 0 Å². The molecule has 0 amide bonds. The quantitative estimate of drug-likeness (QED) is 0.782. The highest BCUT2D eigenvalue weighted by Crippen LogP contribution is 2.52. The standard InChI is InChI=1S/C14H25NO2/c1-13(2)11(10-4-3-7-17-12(10)13)15-8-14(9-16)5-6-14/h10-12,15-16H,3-9H2,1-2H3. The molecule has 3 fully saturated rings. The fraction of sp³-hybridized carbons (Fsp3) is 1.00. The highest BCUT2D eigenvalue weighted by molar-refractivity contribution is 5.11. The fourth-order valence-corrected chi connectivity index (χ4v) is 3.83. The van der Waals surface area contributed by atoms with E-state index < -0.39 is 0 Å². The summed E-state index contributed by atoms with van der Waals surface area (Å²) in [6, 6.07) is 0.580. The minimum Gasteiger partial charge on any atom is -0.396 e. The van der Waals surface area contributed by atoms with Crippen molar-refractivity contribution in [1.29, 1.82) is 0 Å². The van der Waals surface area contributed by atoms with Crippen LogP contribution in [0.15, 0.2) is 0 Å². The van der Waals surface area contributed by atoms with Crippen LogP contribution in [0.5, 0.6) is 0 Å². The summed E-state index contributed by atoms with van der Waals surface area (Å²) in [4.78, 5) is 0. The van der Waals surface area contributed by atoms with Crippen LogP contribution in [0.2, 0.25) is 0 Å². The minimum absolute atomic E-state index is 0.219. The molecule has 3 rings (SSSR count). The highest BCUT2D eigenvalue weighted by Gasteiger charge is 2.58. The van der Waals surface area contributed by atoms with Crippen LogP contribution in [0.25, 0.3) is 0 Å². The predicted octanol–water partition coefficient (Wildman–Crippen LogP) is 1.55. The Balaban J connectivity index is 1.59. The van der Waals surface area contributed by atoms with E-state index in [0.29, 0.717) is 24.7 Å². The predicted molar refractivity (Wildman–Crippen MR) is 66.8 cm³/mol. The number of aliphatic hydroxyl groups is 1. The van der Waals surface area contributed by atoms with E-state index >= 15 is 0 Å². The molecule has 3 aliphatic rings. The van der Waals surface area contributed by atoms with Gasteiger partial charge in [0.1, 0.15) is 0 Å². The number of rotatable bonds is 4. The van der Waals surface area contributed by atoms with Crippen molar-refractivity contribution in [2.45, 2.75) is 51.7 Å². The van der Waals surface area contributed by atoms with E-state index in [-0.39, 0.29) is 10.8 Å². The van der Waals surface area contributed by atoms with E-state index in [9.17, 15) is 5.11 Å². The second-order valence-electron chi connectivity index (χ2n) is 6.94. The number of fused-ring (bicyclic) bond motifs is 1. The van der Waals surface area contributed by atoms with Crippen molar-refractivity contribution < 1.29 is 9.84 Å². The molecule has 98 valence electrons. The maximum absolute atomic E-state index is 9.36. The van der Waals surface area contributed by atoms with Crippen molar-refractivity contribution in [3.63, 3.8) is 0 Å². The van der Waals surface area contributed by atoms with Gasteiger partial charge >= 0.3 is 0 Å². The van der Waals surface area contributed by atoms with Gasteiger partial charge in [0.05, 0.1) is 6.10 Å². The molecular formula is C14H25NO2. The van der Waals surface area contributed by atoms with Gasteiger partial charge in [0.15, 0.2) is 0 Å². The number of hydrogen-bond acceptors (Lipinski definition) is 3. The number of nitrogens with one attached hydrogen (secondary N) is 1. The Hall–Kier alpha value is -0.120. The van der Waals surface area contributed by atoms with Crippen LogP contribution < -0.4 is 5.32 Å². The van der Waals surface area contributed by atoms with Crippen LogP contribution in [0.3, 0.4) is 0 Å². The Kier molecular flexibility index (Phi) is 2.77. The van der Waals surface area contributed by atoms with Gasteiger partial charge in [-0.05, 0) is 25.7 Å². The van der Waals surface area contributed by atoms with E-state index in [2.05, 4.69) is 19.2 Å². The van der Waals surface area contributed by atoms with Gasteiger partial charge in [-0.3, -0.25) is 0 Å². The molecule has 0 radical (unpaired) electrons. The summed E-state index contributed by atoms with van der Waals surface area (Å²) in [5, 5.41) is 13.1. The van der Waals surface area contributed by atoms with Crippen LogP contribution in [-0.2, 0) is 4.74 Å². The SMILES string of the molecule is CC1(C)C(NCC2(CO)CC2)C2CCCOC21. The Morgan fingerprint density at radius 1 is 1.35 bits per heavy atom. The van der Waals surface area contributed by atoms with Crippen LogP contribution in [-0.4, -0.2) is 37.0 Å². The van der Waals surface area contributed by atoms with Gasteiger partial charge in [-0.15, -0.1) is 0 Å². The third kappa shape index (κ3) is 1.83. The van der Waals surface area contributed by atoms with Crippen LogP contribution in [0.4, 0.5) is 0 Å². The van der Waals surface area contributed by atoms with Gasteiger partial charge < -0.3 is 15.2 Å². The van der Waals surface area contributed by atoms with Crippen LogP contribution in [0, 0.1) is 16.7 Å². The van der Waals surface area contributed by atoms with Crippen molar-refractivity contribution >= 4 is 0 Å². The van der Waals surface area contributed by atoms with Gasteiger partial charge in [0, 0.05) is 42.5 Å². The van der Waals surface area contributed by atoms with Crippen molar-refractivity contribution in [3.8, 4) is 0 Å². The molecule has 0 bridgehead atoms. The molecular weight excluding hydrogens is 214 g/mol. The zero-order valence-electron chi connectivity index (χ0n) is 11.0. The molecule has 0 aromatic carbocycles. The molecule has 3 unspecified atom stereocenters. The first-order valence-electron chi connectivity index (χ1n) is 7.05. The van der Waals surface area contributed by atoms with Crippen molar-refractivity contribution in [1.82, 2.24) is 5.32 Å². The molecule has 3 atom stereocenters. The van der Waals surface area contributed by atoms with Gasteiger partial charge in [-0.2, -0.15) is 0 Å². The average molecular weight is 239 g/mol. The molecule has 1 aliphatic heterocycles. The smallest absolute Gasteiger partial charge is 0.0684 e. The van der Waals surface area contributed by atoms with Crippen molar-refractivity contribution in [2.75, 3.05) is 19.8 Å². The zero-order chi connectivity index (χ0) is 12.1. The molecule has 0 aromatic heterocycles. The first-order chi connectivity index (χ1) is 8.09. The Morgan fingerprint density at radius 3 is 2.76 bits per heavy atom. The lowest BCUT2D eigenvalue weighted by Crippen LogP contribution is -2.69. The Morgan fingerprint density at radius 2 is 2.12 bits per heavy atom. The second kappa shape index (κ2) is 3.94. The van der Waals surface area contributed by atoms with Crippen LogP contribution in [0.1, 0.15) is 39.5 Å². The summed E-state index contributed by atoms with van der Waals surface area (Å²) in [6.45, 7) is 6.90. The lowest BCUT2D eigenvalue weighted by Gasteiger charge is -2.60. The topological polar surface area (TPSA) is 41.5 Å². The largest absolute Gasteiger partial charge is 0.396 e. The first kappa shape index (κ1) is 11.9. The fourth-order valence-electron chi connectivity index (χ4n) is 3.83. The van der Waals surface area contributed by atoms with Gasteiger partial charge in [0.2, 0.25) is 0 Å². The molecule has 1 saturated heterocycles. The lowest BCUT2D eigenvalue weighted by molar-refractivity contribution is -0.193. The van der Waals surface area contributed by atoms with Gasteiger partial charge in [-0.1, -0.05) is 13.8 Å². The summed E-state index contributed by atoms with van der Waals surface area (Å²) in [5.41, 5.74) is 0.479. The number of ether oxygens (including phenoxy) is 1. The maximum atomic E-state index is 9.36. The Bertz CT molecular complexity index is 299. The number of hydrogen-bond donors (Lipinski definition) is 2. The lowest BCUT2D eigenvalue weighted by atomic mass is 9.55. The monoisotopic (exact) mass is 239 g/mol. The summed E-state index contributed by atoms with van der Waals surface area (Å²) in [7, 11) is 0. The van der Waals surface area contributed by atoms with E-state index in [1.54, 1.807) is 0 Å². The molecule has 2 saturated carbocycles. The molecule has 1 heterocycles. The molecule has 3 heteroatoms. The summed E-state index contributed by atoms with van der Waals surface area (Å²) < 4.78 is 5.91. The first-order valence-corrected chi connectivity index (χ1v) is 7.05. The normalized spacial score (nSPS) is 41.5. The van der Waals surface area contributed by atoms with Gasteiger partial charge in [0.25, 0.3) is 0 Å². The number of aliphatic hydroxyl groups excluding tert-OH is 1. The third-order valence-electron chi connectivity index (χ3n) is 5.32. The molecule has 0 spiro atoms. The molecule has 17 heavy (non-hydrogen) atoms. The van der Waals surface area contributed by atoms with E-state index in [1.165, 1.54) is 25.7 Å². The summed E-state index contributed by atoms with van der Waals surface area (Å²) in [5.74, 6) is 0.702. The van der Waals surface area contributed by atoms with E-state index in [0.717, 1.165) is 13.2 Å². The summed E-state index contributed by atoms with van der Waals surface area (Å²) in [6.07, 6.45) is 5.35. The molecule has 0 aromatic rings. The third-order valence-corrected chi connectivity index (χ3v) is 5.32. The highest BCUT2D eigenvalue weighted by atomic mass is 16.5. The van der Waals surface area contributed by atoms with E-state index in [4.69, 9.17) is 4.74 Å². The maximum Gasteiger partial charge on any atom is 0.0684 e. The van der Waals surface area contributed by atoms with E-state index in [1.807, 2.05) is 0 Å². The molecule has 2 aliphatic carbocycles. The summed E-state index contributed by atoms with van der Waals surface area (Å²) >= 11 is 0. The molecule has 3 nitrogen and oxygen atoms in total. The Labute approximate surface area is 104 Å². The average Bonchev–Trinajstić information content (AvgIpc) is 3.10. The van der Waals surface area contributed by atoms with Crippen LogP contribution >= 0.6 is 0 Å². The molecule has 2 N–H and O–H groups in total. The second-order valence-corrected chi connectivity index (χ2v) is 6.94.